The maximum absolute atomic E-state index is 12.2. The van der Waals surface area contributed by atoms with Gasteiger partial charge in [-0.1, -0.05) is 35.1 Å². The van der Waals surface area contributed by atoms with E-state index in [0.717, 1.165) is 37.8 Å². The lowest BCUT2D eigenvalue weighted by Crippen LogP contribution is -2.44. The van der Waals surface area contributed by atoms with Gasteiger partial charge in [-0.05, 0) is 45.9 Å². The first kappa shape index (κ1) is 24.9. The van der Waals surface area contributed by atoms with Gasteiger partial charge in [-0.25, -0.2) is 9.78 Å². The van der Waals surface area contributed by atoms with E-state index in [1.165, 1.54) is 28.0 Å². The van der Waals surface area contributed by atoms with Gasteiger partial charge in [0.2, 0.25) is 5.95 Å². The molecule has 10 heteroatoms. The van der Waals surface area contributed by atoms with E-state index in [-0.39, 0.29) is 5.97 Å². The maximum Gasteiger partial charge on any atom is 0.350 e. The Kier molecular flexibility index (Phi) is 7.82. The van der Waals surface area contributed by atoms with Crippen molar-refractivity contribution in [1.82, 2.24) is 19.9 Å². The van der Waals surface area contributed by atoms with Crippen LogP contribution in [0.1, 0.15) is 39.0 Å². The van der Waals surface area contributed by atoms with Gasteiger partial charge in [-0.3, -0.25) is 5.32 Å². The molecular weight excluding hydrogens is 462 g/mol. The van der Waals surface area contributed by atoms with Gasteiger partial charge >= 0.3 is 5.97 Å². The quantitative estimate of drug-likeness (QED) is 0.447. The number of carbonyl (C=O) groups excluding carboxylic acids is 1. The zero-order chi connectivity index (χ0) is 24.9. The Morgan fingerprint density at radius 3 is 2.60 bits per heavy atom. The van der Waals surface area contributed by atoms with Crippen LogP contribution in [-0.4, -0.2) is 65.7 Å². The average Bonchev–Trinajstić information content (AvgIpc) is 3.20. The molecule has 1 aliphatic rings. The molecule has 0 bridgehead atoms. The summed E-state index contributed by atoms with van der Waals surface area (Å²) in [4.78, 5) is 31.3. The van der Waals surface area contributed by atoms with E-state index < -0.39 is 0 Å². The number of hydrogen-bond acceptors (Lipinski definition) is 10. The second kappa shape index (κ2) is 11.0. The third-order valence-electron chi connectivity index (χ3n) is 5.98. The van der Waals surface area contributed by atoms with Gasteiger partial charge in [0.1, 0.15) is 16.5 Å². The number of likely N-dealkylation sites (N-methyl/N-ethyl adjacent to an activating group) is 1. The smallest absolute Gasteiger partial charge is 0.350 e. The SMILES string of the molecule is CCOC(=O)c1sc(Nc2nc(NCc3cc(C)ccc3C)cc(N3CCN(C)CC3)n2)nc1C. The van der Waals surface area contributed by atoms with E-state index in [9.17, 15) is 4.79 Å². The third kappa shape index (κ3) is 6.26. The lowest BCUT2D eigenvalue weighted by molar-refractivity contribution is 0.0531. The second-order valence-electron chi connectivity index (χ2n) is 8.79. The van der Waals surface area contributed by atoms with E-state index in [2.05, 4.69) is 64.5 Å². The van der Waals surface area contributed by atoms with Crippen molar-refractivity contribution in [3.05, 3.63) is 51.5 Å². The lowest BCUT2D eigenvalue weighted by Gasteiger charge is -2.33. The molecule has 1 aliphatic heterocycles. The summed E-state index contributed by atoms with van der Waals surface area (Å²) in [7, 11) is 2.13. The van der Waals surface area contributed by atoms with Crippen molar-refractivity contribution in [3.8, 4) is 0 Å². The first-order valence-corrected chi connectivity index (χ1v) is 12.7. The summed E-state index contributed by atoms with van der Waals surface area (Å²) in [6.07, 6.45) is 0. The molecular formula is C25H33N7O2S. The number of anilines is 4. The molecule has 2 N–H and O–H groups in total. The Morgan fingerprint density at radius 1 is 1.09 bits per heavy atom. The highest BCUT2D eigenvalue weighted by Crippen LogP contribution is 2.27. The highest BCUT2D eigenvalue weighted by Gasteiger charge is 2.20. The summed E-state index contributed by atoms with van der Waals surface area (Å²) in [6, 6.07) is 8.45. The van der Waals surface area contributed by atoms with Crippen LogP contribution in [0.2, 0.25) is 0 Å². The summed E-state index contributed by atoms with van der Waals surface area (Å²) in [5.74, 6) is 1.67. The summed E-state index contributed by atoms with van der Waals surface area (Å²) < 4.78 is 5.14. The van der Waals surface area contributed by atoms with Crippen LogP contribution in [0.4, 0.5) is 22.7 Å². The molecule has 0 atom stereocenters. The predicted molar refractivity (Wildman–Crippen MR) is 141 cm³/mol. The number of nitrogens with one attached hydrogen (secondary N) is 2. The molecule has 4 rings (SSSR count). The van der Waals surface area contributed by atoms with Crippen LogP contribution >= 0.6 is 11.3 Å². The molecule has 0 saturated carbocycles. The molecule has 1 fully saturated rings. The molecule has 3 heterocycles. The van der Waals surface area contributed by atoms with Crippen molar-refractivity contribution in [2.45, 2.75) is 34.2 Å². The Balaban J connectivity index is 1.59. The Labute approximate surface area is 210 Å². The largest absolute Gasteiger partial charge is 0.462 e. The summed E-state index contributed by atoms with van der Waals surface area (Å²) >= 11 is 1.25. The van der Waals surface area contributed by atoms with E-state index in [1.807, 2.05) is 6.07 Å². The minimum atomic E-state index is -0.362. The third-order valence-corrected chi connectivity index (χ3v) is 7.03. The Morgan fingerprint density at radius 2 is 1.86 bits per heavy atom. The van der Waals surface area contributed by atoms with Crippen LogP contribution in [-0.2, 0) is 11.3 Å². The molecule has 35 heavy (non-hydrogen) atoms. The standard InChI is InChI=1S/C25H33N7O2S/c1-6-34-23(33)22-18(4)27-25(35-22)30-24-28-20(26-15-19-13-16(2)7-8-17(19)3)14-21(29-24)32-11-9-31(5)10-12-32/h7-8,13-14H,6,9-12,15H2,1-5H3,(H2,26,27,28,29,30). The zero-order valence-corrected chi connectivity index (χ0v) is 21.8. The number of thiazole rings is 1. The fourth-order valence-electron chi connectivity index (χ4n) is 3.89. The molecule has 186 valence electrons. The van der Waals surface area contributed by atoms with E-state index >= 15 is 0 Å². The van der Waals surface area contributed by atoms with Crippen molar-refractivity contribution < 1.29 is 9.53 Å². The Bertz CT molecular complexity index is 1190. The first-order valence-electron chi connectivity index (χ1n) is 11.9. The number of aromatic nitrogens is 3. The van der Waals surface area contributed by atoms with Gasteiger partial charge < -0.3 is 19.9 Å². The number of rotatable bonds is 8. The van der Waals surface area contributed by atoms with Crippen molar-refractivity contribution in [3.63, 3.8) is 0 Å². The van der Waals surface area contributed by atoms with Crippen molar-refractivity contribution in [2.24, 2.45) is 0 Å². The monoisotopic (exact) mass is 495 g/mol. The minimum Gasteiger partial charge on any atom is -0.462 e. The van der Waals surface area contributed by atoms with Gasteiger partial charge in [-0.15, -0.1) is 0 Å². The van der Waals surface area contributed by atoms with Gasteiger partial charge in [0, 0.05) is 38.8 Å². The van der Waals surface area contributed by atoms with Crippen LogP contribution < -0.4 is 15.5 Å². The molecule has 0 spiro atoms. The average molecular weight is 496 g/mol. The Hall–Kier alpha value is -3.24. The number of benzene rings is 1. The van der Waals surface area contributed by atoms with E-state index in [0.29, 0.717) is 34.8 Å². The van der Waals surface area contributed by atoms with Crippen molar-refractivity contribution in [1.29, 1.82) is 0 Å². The molecule has 1 aromatic carbocycles. The highest BCUT2D eigenvalue weighted by molar-refractivity contribution is 7.17. The molecule has 1 saturated heterocycles. The van der Waals surface area contributed by atoms with Gasteiger partial charge in [0.05, 0.1) is 12.3 Å². The van der Waals surface area contributed by atoms with Crippen molar-refractivity contribution in [2.75, 3.05) is 55.4 Å². The van der Waals surface area contributed by atoms with Gasteiger partial charge in [-0.2, -0.15) is 9.97 Å². The van der Waals surface area contributed by atoms with Crippen LogP contribution in [0.15, 0.2) is 24.3 Å². The number of esters is 1. The fraction of sp³-hybridized carbons (Fsp3) is 0.440. The topological polar surface area (TPSA) is 95.5 Å². The highest BCUT2D eigenvalue weighted by atomic mass is 32.1. The summed E-state index contributed by atoms with van der Waals surface area (Å²) in [6.45, 7) is 12.5. The minimum absolute atomic E-state index is 0.324. The molecule has 0 radical (unpaired) electrons. The molecule has 0 amide bonds. The zero-order valence-electron chi connectivity index (χ0n) is 21.0. The number of nitrogens with zero attached hydrogens (tertiary/aromatic N) is 5. The van der Waals surface area contributed by atoms with Gasteiger partial charge in [0.15, 0.2) is 5.13 Å². The molecule has 2 aromatic heterocycles. The fourth-order valence-corrected chi connectivity index (χ4v) is 4.74. The first-order chi connectivity index (χ1) is 16.8. The molecule has 3 aromatic rings. The van der Waals surface area contributed by atoms with E-state index in [1.54, 1.807) is 13.8 Å². The lowest BCUT2D eigenvalue weighted by atomic mass is 10.1. The number of hydrogen-bond donors (Lipinski definition) is 2. The number of piperazine rings is 1. The van der Waals surface area contributed by atoms with Crippen LogP contribution in [0.3, 0.4) is 0 Å². The van der Waals surface area contributed by atoms with Crippen LogP contribution in [0, 0.1) is 20.8 Å². The number of carbonyl (C=O) groups is 1. The van der Waals surface area contributed by atoms with Crippen LogP contribution in [0.25, 0.3) is 0 Å². The number of aryl methyl sites for hydroxylation is 3. The molecule has 9 nitrogen and oxygen atoms in total. The van der Waals surface area contributed by atoms with E-state index in [4.69, 9.17) is 14.7 Å². The normalized spacial score (nSPS) is 14.1. The predicted octanol–water partition coefficient (Wildman–Crippen LogP) is 4.14. The van der Waals surface area contributed by atoms with Crippen LogP contribution in [0.5, 0.6) is 0 Å². The molecule has 0 aliphatic carbocycles. The summed E-state index contributed by atoms with van der Waals surface area (Å²) in [5, 5.41) is 7.24. The molecule has 0 unspecified atom stereocenters. The second-order valence-corrected chi connectivity index (χ2v) is 9.79. The maximum atomic E-state index is 12.2. The van der Waals surface area contributed by atoms with Crippen molar-refractivity contribution >= 4 is 40.0 Å². The summed E-state index contributed by atoms with van der Waals surface area (Å²) in [5.41, 5.74) is 4.32. The number of ether oxygens (including phenoxy) is 1. The van der Waals surface area contributed by atoms with Gasteiger partial charge in [0.25, 0.3) is 0 Å².